The fourth-order valence-corrected chi connectivity index (χ4v) is 4.92. The van der Waals surface area contributed by atoms with Crippen LogP contribution in [0.15, 0.2) is 46.1 Å². The first-order chi connectivity index (χ1) is 22.0. The first kappa shape index (κ1) is 33.5. The zero-order chi connectivity index (χ0) is 33.5. The van der Waals surface area contributed by atoms with Gasteiger partial charge in [-0.1, -0.05) is 6.07 Å². The molecule has 4 aromatic rings. The van der Waals surface area contributed by atoms with Gasteiger partial charge < -0.3 is 38.4 Å². The summed E-state index contributed by atoms with van der Waals surface area (Å²) in [5, 5.41) is 8.32. The van der Waals surface area contributed by atoms with E-state index in [0.717, 1.165) is 30.7 Å². The van der Waals surface area contributed by atoms with Gasteiger partial charge in [-0.3, -0.25) is 13.9 Å². The number of hydrogen-bond acceptors (Lipinski definition) is 12. The Morgan fingerprint density at radius 3 is 2.09 bits per heavy atom. The number of fused-ring (bicyclic) bond motifs is 1. The smallest absolute Gasteiger partial charge is 0.354 e. The minimum Gasteiger partial charge on any atom is -0.493 e. The SMILES string of the molecule is COc1cc(C(=O)OCCn2c(=O)c3c(nc(N4CCN(C)CC4)n3C)n(C)c2=O)cc(OC)c1OC.O=C(O)c1ccccn1. The lowest BCUT2D eigenvalue weighted by atomic mass is 10.2. The number of carboxylic acids is 1. The highest BCUT2D eigenvalue weighted by Crippen LogP contribution is 2.38. The van der Waals surface area contributed by atoms with E-state index in [0.29, 0.717) is 34.4 Å². The van der Waals surface area contributed by atoms with Gasteiger partial charge in [0.2, 0.25) is 11.7 Å². The molecule has 16 nitrogen and oxygen atoms in total. The number of piperazine rings is 1. The van der Waals surface area contributed by atoms with E-state index in [1.807, 2.05) is 0 Å². The van der Waals surface area contributed by atoms with Crippen LogP contribution in [-0.4, -0.2) is 107 Å². The molecular formula is C30H37N7O9. The number of rotatable bonds is 9. The summed E-state index contributed by atoms with van der Waals surface area (Å²) in [6.45, 7) is 2.98. The van der Waals surface area contributed by atoms with Crippen molar-refractivity contribution >= 4 is 29.1 Å². The lowest BCUT2D eigenvalue weighted by Gasteiger charge is -2.32. The van der Waals surface area contributed by atoms with E-state index in [2.05, 4.69) is 26.8 Å². The number of carbonyl (C=O) groups is 2. The quantitative estimate of drug-likeness (QED) is 0.256. The van der Waals surface area contributed by atoms with Gasteiger partial charge in [-0.05, 0) is 31.3 Å². The second-order valence-corrected chi connectivity index (χ2v) is 10.3. The molecule has 1 aromatic carbocycles. The lowest BCUT2D eigenvalue weighted by molar-refractivity contribution is 0.0487. The molecule has 0 radical (unpaired) electrons. The number of likely N-dealkylation sites (N-methyl/N-ethyl adjacent to an activating group) is 1. The molecule has 0 saturated carbocycles. The highest BCUT2D eigenvalue weighted by Gasteiger charge is 2.24. The molecule has 1 aliphatic heterocycles. The van der Waals surface area contributed by atoms with Gasteiger partial charge in [-0.25, -0.2) is 19.4 Å². The molecule has 0 amide bonds. The van der Waals surface area contributed by atoms with Crippen molar-refractivity contribution in [1.82, 2.24) is 28.6 Å². The molecule has 0 bridgehead atoms. The van der Waals surface area contributed by atoms with E-state index in [1.165, 1.54) is 50.3 Å². The predicted molar refractivity (Wildman–Crippen MR) is 168 cm³/mol. The second-order valence-electron chi connectivity index (χ2n) is 10.3. The van der Waals surface area contributed by atoms with Crippen molar-refractivity contribution in [3.63, 3.8) is 0 Å². The summed E-state index contributed by atoms with van der Waals surface area (Å²) in [4.78, 5) is 61.7. The van der Waals surface area contributed by atoms with Crippen LogP contribution >= 0.6 is 0 Å². The highest BCUT2D eigenvalue weighted by atomic mass is 16.5. The molecule has 0 spiro atoms. The molecule has 1 N–H and O–H groups in total. The highest BCUT2D eigenvalue weighted by molar-refractivity contribution is 5.91. The van der Waals surface area contributed by atoms with Gasteiger partial charge >= 0.3 is 17.6 Å². The molecule has 46 heavy (non-hydrogen) atoms. The van der Waals surface area contributed by atoms with Crippen molar-refractivity contribution in [3.8, 4) is 17.2 Å². The summed E-state index contributed by atoms with van der Waals surface area (Å²) in [5.74, 6) is -0.0640. The molecule has 4 heterocycles. The fraction of sp³-hybridized carbons (Fsp3) is 0.400. The molecule has 1 fully saturated rings. The number of benzene rings is 1. The van der Waals surface area contributed by atoms with E-state index in [-0.39, 0.29) is 24.4 Å². The number of anilines is 1. The molecule has 246 valence electrons. The lowest BCUT2D eigenvalue weighted by Crippen LogP contribution is -2.45. The Morgan fingerprint density at radius 2 is 1.57 bits per heavy atom. The summed E-state index contributed by atoms with van der Waals surface area (Å²) in [7, 11) is 9.75. The first-order valence-electron chi connectivity index (χ1n) is 14.2. The van der Waals surface area contributed by atoms with Crippen LogP contribution < -0.4 is 30.4 Å². The number of methoxy groups -OCH3 is 3. The maximum atomic E-state index is 13.3. The average molecular weight is 640 g/mol. The maximum absolute atomic E-state index is 13.3. The fourth-order valence-electron chi connectivity index (χ4n) is 4.92. The minimum absolute atomic E-state index is 0.0810. The van der Waals surface area contributed by atoms with Crippen LogP contribution in [0.4, 0.5) is 5.95 Å². The number of imidazole rings is 1. The molecule has 0 unspecified atom stereocenters. The van der Waals surface area contributed by atoms with E-state index >= 15 is 0 Å². The zero-order valence-electron chi connectivity index (χ0n) is 26.6. The third-order valence-corrected chi connectivity index (χ3v) is 7.45. The van der Waals surface area contributed by atoms with Crippen LogP contribution in [0.5, 0.6) is 17.2 Å². The second kappa shape index (κ2) is 14.6. The number of esters is 1. The van der Waals surface area contributed by atoms with E-state index < -0.39 is 23.2 Å². The summed E-state index contributed by atoms with van der Waals surface area (Å²) < 4.78 is 25.3. The van der Waals surface area contributed by atoms with Crippen LogP contribution in [0.25, 0.3) is 11.2 Å². The van der Waals surface area contributed by atoms with Gasteiger partial charge in [0.15, 0.2) is 22.7 Å². The molecule has 3 aromatic heterocycles. The molecule has 16 heteroatoms. The van der Waals surface area contributed by atoms with Crippen LogP contribution in [0, 0.1) is 0 Å². The number of pyridine rings is 1. The predicted octanol–water partition coefficient (Wildman–Crippen LogP) is 0.848. The van der Waals surface area contributed by atoms with Crippen molar-refractivity contribution in [2.75, 3.05) is 66.1 Å². The van der Waals surface area contributed by atoms with E-state index in [4.69, 9.17) is 24.1 Å². The van der Waals surface area contributed by atoms with Crippen LogP contribution in [0.1, 0.15) is 20.8 Å². The molecule has 0 aliphatic carbocycles. The molecule has 5 rings (SSSR count). The Kier molecular flexibility index (Phi) is 10.6. The number of carboxylic acid groups (broad SMARTS) is 1. The zero-order valence-corrected chi connectivity index (χ0v) is 26.6. The first-order valence-corrected chi connectivity index (χ1v) is 14.2. The van der Waals surface area contributed by atoms with Crippen molar-refractivity contribution in [1.29, 1.82) is 0 Å². The summed E-state index contributed by atoms with van der Waals surface area (Å²) in [5.41, 5.74) is -0.142. The molecule has 1 saturated heterocycles. The molecule has 0 atom stereocenters. The third kappa shape index (κ3) is 6.96. The van der Waals surface area contributed by atoms with Crippen molar-refractivity contribution in [2.24, 2.45) is 14.1 Å². The minimum atomic E-state index is -0.990. The largest absolute Gasteiger partial charge is 0.493 e. The van der Waals surface area contributed by atoms with Gasteiger partial charge in [0.05, 0.1) is 33.4 Å². The third-order valence-electron chi connectivity index (χ3n) is 7.45. The molecular weight excluding hydrogens is 602 g/mol. The summed E-state index contributed by atoms with van der Waals surface area (Å²) in [6.07, 6.45) is 1.45. The number of aryl methyl sites for hydroxylation is 2. The van der Waals surface area contributed by atoms with Crippen molar-refractivity contribution in [2.45, 2.75) is 6.54 Å². The Labute approximate surface area is 263 Å². The average Bonchev–Trinajstić information content (AvgIpc) is 3.42. The Hall–Kier alpha value is -5.38. The number of aromatic carboxylic acids is 1. The van der Waals surface area contributed by atoms with E-state index in [9.17, 15) is 19.2 Å². The maximum Gasteiger partial charge on any atom is 0.354 e. The number of nitrogens with zero attached hydrogens (tertiary/aromatic N) is 7. The van der Waals surface area contributed by atoms with Crippen LogP contribution in [0.3, 0.4) is 0 Å². The topological polar surface area (TPSA) is 172 Å². The van der Waals surface area contributed by atoms with Crippen molar-refractivity contribution in [3.05, 3.63) is 68.6 Å². The number of hydrogen-bond donors (Lipinski definition) is 1. The number of carbonyl (C=O) groups excluding carboxylic acids is 1. The molecule has 1 aliphatic rings. The van der Waals surface area contributed by atoms with Gasteiger partial charge in [-0.15, -0.1) is 0 Å². The summed E-state index contributed by atoms with van der Waals surface area (Å²) >= 11 is 0. The van der Waals surface area contributed by atoms with Crippen molar-refractivity contribution < 1.29 is 33.6 Å². The van der Waals surface area contributed by atoms with Crippen LogP contribution in [-0.2, 0) is 25.4 Å². The normalized spacial score (nSPS) is 13.1. The van der Waals surface area contributed by atoms with Crippen LogP contribution in [0.2, 0.25) is 0 Å². The van der Waals surface area contributed by atoms with Gasteiger partial charge in [0.1, 0.15) is 12.3 Å². The summed E-state index contributed by atoms with van der Waals surface area (Å²) in [6, 6.07) is 7.69. The van der Waals surface area contributed by atoms with E-state index in [1.54, 1.807) is 30.8 Å². The standard InChI is InChI=1S/C24H32N6O7.C6H5NO2/c1-26-7-9-29(10-8-26)23-25-20-18(27(23)2)21(31)30(24(33)28(20)3)11-12-37-22(32)15-13-16(34-4)19(36-6)17(14-15)35-5;8-6(9)5-3-1-2-4-7-5/h13-14H,7-12H2,1-6H3;1-4H,(H,8,9). The number of aromatic nitrogens is 5. The Bertz CT molecular complexity index is 1800. The van der Waals surface area contributed by atoms with Gasteiger partial charge in [-0.2, -0.15) is 4.98 Å². The van der Waals surface area contributed by atoms with Gasteiger partial charge in [0.25, 0.3) is 5.56 Å². The van der Waals surface area contributed by atoms with Gasteiger partial charge in [0, 0.05) is 46.5 Å². The number of ether oxygens (including phenoxy) is 4. The Morgan fingerprint density at radius 1 is 0.913 bits per heavy atom. The Balaban J connectivity index is 0.000000459. The monoisotopic (exact) mass is 639 g/mol.